The summed E-state index contributed by atoms with van der Waals surface area (Å²) >= 11 is 0. The van der Waals surface area contributed by atoms with Gasteiger partial charge in [0, 0.05) is 24.1 Å². The lowest BCUT2D eigenvalue weighted by Crippen LogP contribution is -2.25. The van der Waals surface area contributed by atoms with Gasteiger partial charge < -0.3 is 10.2 Å². The second-order valence-electron chi connectivity index (χ2n) is 5.94. The molecule has 1 N–H and O–H groups in total. The smallest absolute Gasteiger partial charge is 0.229 e. The van der Waals surface area contributed by atoms with Gasteiger partial charge in [-0.15, -0.1) is 0 Å². The van der Waals surface area contributed by atoms with Crippen LogP contribution in [-0.2, 0) is 6.42 Å². The molecule has 4 rings (SSSR count). The molecule has 1 aromatic heterocycles. The zero-order valence-corrected chi connectivity index (χ0v) is 13.7. The van der Waals surface area contributed by atoms with Crippen LogP contribution in [0.1, 0.15) is 17.5 Å². The van der Waals surface area contributed by atoms with Crippen LogP contribution in [0.2, 0.25) is 0 Å². The van der Waals surface area contributed by atoms with E-state index >= 15 is 0 Å². The normalized spacial score (nSPS) is 13.0. The molecule has 1 aliphatic rings. The Kier molecular flexibility index (Phi) is 4.01. The maximum Gasteiger partial charge on any atom is 0.229 e. The predicted octanol–water partition coefficient (Wildman–Crippen LogP) is 4.18. The molecular weight excluding hydrogens is 310 g/mol. The third kappa shape index (κ3) is 3.15. The summed E-state index contributed by atoms with van der Waals surface area (Å²) < 4.78 is 0. The molecule has 0 unspecified atom stereocenters. The van der Waals surface area contributed by atoms with E-state index in [-0.39, 0.29) is 0 Å². The zero-order chi connectivity index (χ0) is 17.1. The van der Waals surface area contributed by atoms with Crippen molar-refractivity contribution in [2.45, 2.75) is 12.8 Å². The Labute approximate surface area is 146 Å². The van der Waals surface area contributed by atoms with Gasteiger partial charge in [0.2, 0.25) is 5.95 Å². The minimum absolute atomic E-state index is 0.547. The van der Waals surface area contributed by atoms with Crippen LogP contribution in [0, 0.1) is 11.3 Å². The van der Waals surface area contributed by atoms with E-state index in [4.69, 9.17) is 5.26 Å². The van der Waals surface area contributed by atoms with Crippen molar-refractivity contribution >= 4 is 23.1 Å². The van der Waals surface area contributed by atoms with Gasteiger partial charge in [-0.25, -0.2) is 4.98 Å². The number of nitriles is 1. The van der Waals surface area contributed by atoms with Crippen molar-refractivity contribution < 1.29 is 0 Å². The van der Waals surface area contributed by atoms with Crippen molar-refractivity contribution in [3.63, 3.8) is 0 Å². The van der Waals surface area contributed by atoms with Crippen molar-refractivity contribution in [2.24, 2.45) is 0 Å². The molecule has 0 bridgehead atoms. The number of nitrogens with zero attached hydrogens (tertiary/aromatic N) is 4. The van der Waals surface area contributed by atoms with E-state index in [9.17, 15) is 0 Å². The van der Waals surface area contributed by atoms with E-state index in [0.717, 1.165) is 30.9 Å². The van der Waals surface area contributed by atoms with Crippen molar-refractivity contribution in [3.8, 4) is 6.07 Å². The van der Waals surface area contributed by atoms with Crippen LogP contribution in [0.3, 0.4) is 0 Å². The largest absolute Gasteiger partial charge is 0.326 e. The first-order valence-electron chi connectivity index (χ1n) is 8.29. The molecule has 5 heteroatoms. The SMILES string of the molecule is N#Cc1ccc(Nc2nccc(N3CCCc4ccccc43)n2)cc1. The highest BCUT2D eigenvalue weighted by atomic mass is 15.2. The summed E-state index contributed by atoms with van der Waals surface area (Å²) in [5.41, 5.74) is 4.06. The summed E-state index contributed by atoms with van der Waals surface area (Å²) in [5, 5.41) is 12.1. The molecule has 0 atom stereocenters. The highest BCUT2D eigenvalue weighted by Gasteiger charge is 2.19. The standard InChI is InChI=1S/C20H17N5/c21-14-15-7-9-17(10-8-15)23-20-22-12-11-19(24-20)25-13-3-5-16-4-1-2-6-18(16)25/h1-2,4,6-12H,3,5,13H2,(H,22,23,24). The Morgan fingerprint density at radius 3 is 2.72 bits per heavy atom. The topological polar surface area (TPSA) is 64.8 Å². The molecule has 122 valence electrons. The van der Waals surface area contributed by atoms with Crippen LogP contribution in [0.15, 0.2) is 60.8 Å². The average Bonchev–Trinajstić information content (AvgIpc) is 2.68. The number of fused-ring (bicyclic) bond motifs is 1. The number of rotatable bonds is 3. The number of hydrogen-bond donors (Lipinski definition) is 1. The Hall–Kier alpha value is -3.39. The molecule has 0 aliphatic carbocycles. The summed E-state index contributed by atoms with van der Waals surface area (Å²) in [6.07, 6.45) is 3.99. The van der Waals surface area contributed by atoms with E-state index < -0.39 is 0 Å². The number of benzene rings is 2. The number of nitrogens with one attached hydrogen (secondary N) is 1. The van der Waals surface area contributed by atoms with Crippen LogP contribution < -0.4 is 10.2 Å². The van der Waals surface area contributed by atoms with Gasteiger partial charge in [-0.1, -0.05) is 18.2 Å². The van der Waals surface area contributed by atoms with Crippen molar-refractivity contribution in [3.05, 3.63) is 71.9 Å². The Morgan fingerprint density at radius 1 is 1.04 bits per heavy atom. The van der Waals surface area contributed by atoms with Crippen LogP contribution in [-0.4, -0.2) is 16.5 Å². The van der Waals surface area contributed by atoms with E-state index in [1.807, 2.05) is 18.2 Å². The van der Waals surface area contributed by atoms with Gasteiger partial charge >= 0.3 is 0 Å². The third-order valence-electron chi connectivity index (χ3n) is 4.30. The van der Waals surface area contributed by atoms with E-state index in [1.54, 1.807) is 18.3 Å². The van der Waals surface area contributed by atoms with Gasteiger partial charge in [-0.2, -0.15) is 10.2 Å². The molecule has 2 aromatic carbocycles. The Bertz CT molecular complexity index is 927. The first-order valence-corrected chi connectivity index (χ1v) is 8.29. The Morgan fingerprint density at radius 2 is 1.88 bits per heavy atom. The van der Waals surface area contributed by atoms with Crippen molar-refractivity contribution in [2.75, 3.05) is 16.8 Å². The fourth-order valence-electron chi connectivity index (χ4n) is 3.09. The summed E-state index contributed by atoms with van der Waals surface area (Å²) in [6, 6.07) is 19.8. The quantitative estimate of drug-likeness (QED) is 0.782. The molecule has 0 saturated heterocycles. The molecule has 0 radical (unpaired) electrons. The van der Waals surface area contributed by atoms with Gasteiger partial charge in [0.1, 0.15) is 5.82 Å². The highest BCUT2D eigenvalue weighted by molar-refractivity contribution is 5.66. The number of aromatic nitrogens is 2. The predicted molar refractivity (Wildman–Crippen MR) is 98.2 cm³/mol. The van der Waals surface area contributed by atoms with Gasteiger partial charge in [-0.05, 0) is 54.8 Å². The maximum absolute atomic E-state index is 8.88. The molecule has 0 saturated carbocycles. The maximum atomic E-state index is 8.88. The van der Waals surface area contributed by atoms with Crippen LogP contribution >= 0.6 is 0 Å². The average molecular weight is 327 g/mol. The molecule has 0 fully saturated rings. The highest BCUT2D eigenvalue weighted by Crippen LogP contribution is 2.32. The third-order valence-corrected chi connectivity index (χ3v) is 4.30. The molecule has 2 heterocycles. The van der Waals surface area contributed by atoms with Crippen molar-refractivity contribution in [1.82, 2.24) is 9.97 Å². The van der Waals surface area contributed by atoms with Crippen molar-refractivity contribution in [1.29, 1.82) is 5.26 Å². The molecule has 3 aromatic rings. The van der Waals surface area contributed by atoms with E-state index in [2.05, 4.69) is 50.5 Å². The second kappa shape index (κ2) is 6.62. The van der Waals surface area contributed by atoms with Crippen LogP contribution in [0.4, 0.5) is 23.1 Å². The fourth-order valence-corrected chi connectivity index (χ4v) is 3.09. The first-order chi connectivity index (χ1) is 12.3. The number of para-hydroxylation sites is 1. The lowest BCUT2D eigenvalue weighted by atomic mass is 10.0. The fraction of sp³-hybridized carbons (Fsp3) is 0.150. The lowest BCUT2D eigenvalue weighted by Gasteiger charge is -2.30. The van der Waals surface area contributed by atoms with Crippen LogP contribution in [0.5, 0.6) is 0 Å². The Balaban J connectivity index is 1.61. The zero-order valence-electron chi connectivity index (χ0n) is 13.7. The molecule has 0 spiro atoms. The molecule has 0 amide bonds. The number of hydrogen-bond acceptors (Lipinski definition) is 5. The first kappa shape index (κ1) is 15.2. The van der Waals surface area contributed by atoms with Gasteiger partial charge in [0.05, 0.1) is 11.6 Å². The minimum atomic E-state index is 0.547. The van der Waals surface area contributed by atoms with Gasteiger partial charge in [0.15, 0.2) is 0 Å². The summed E-state index contributed by atoms with van der Waals surface area (Å²) in [6.45, 7) is 0.949. The summed E-state index contributed by atoms with van der Waals surface area (Å²) in [5.74, 6) is 1.43. The van der Waals surface area contributed by atoms with E-state index in [0.29, 0.717) is 11.5 Å². The number of anilines is 4. The second-order valence-corrected chi connectivity index (χ2v) is 5.94. The minimum Gasteiger partial charge on any atom is -0.326 e. The van der Waals surface area contributed by atoms with Crippen LogP contribution in [0.25, 0.3) is 0 Å². The molecular formula is C20H17N5. The molecule has 1 aliphatic heterocycles. The summed E-state index contributed by atoms with van der Waals surface area (Å²) in [4.78, 5) is 11.2. The summed E-state index contributed by atoms with van der Waals surface area (Å²) in [7, 11) is 0. The number of aryl methyl sites for hydroxylation is 1. The monoisotopic (exact) mass is 327 g/mol. The molecule has 5 nitrogen and oxygen atoms in total. The lowest BCUT2D eigenvalue weighted by molar-refractivity contribution is 0.759. The van der Waals surface area contributed by atoms with Gasteiger partial charge in [-0.3, -0.25) is 0 Å². The van der Waals surface area contributed by atoms with E-state index in [1.165, 1.54) is 11.3 Å². The van der Waals surface area contributed by atoms with Gasteiger partial charge in [0.25, 0.3) is 0 Å². The molecule has 25 heavy (non-hydrogen) atoms.